The number of amides is 2. The predicted molar refractivity (Wildman–Crippen MR) is 123 cm³/mol. The van der Waals surface area contributed by atoms with Crippen LogP contribution < -0.4 is 4.74 Å². The second-order valence-corrected chi connectivity index (χ2v) is 10.4. The quantitative estimate of drug-likeness (QED) is 0.523. The number of carbonyl (C=O) groups is 2. The van der Waals surface area contributed by atoms with Crippen LogP contribution in [0.3, 0.4) is 0 Å². The largest absolute Gasteiger partial charge is 0.504 e. The summed E-state index contributed by atoms with van der Waals surface area (Å²) in [7, 11) is 0. The summed E-state index contributed by atoms with van der Waals surface area (Å²) in [6, 6.07) is 6.29. The summed E-state index contributed by atoms with van der Waals surface area (Å²) in [6.45, 7) is 5.21. The number of imide groups is 1. The van der Waals surface area contributed by atoms with Crippen LogP contribution in [0.15, 0.2) is 43.0 Å². The first-order valence-electron chi connectivity index (χ1n) is 12.1. The molecule has 2 bridgehead atoms. The minimum absolute atomic E-state index is 0.00923. The molecule has 2 fully saturated rings. The molecule has 0 unspecified atom stereocenters. The molecule has 1 spiro atoms. The fourth-order valence-electron chi connectivity index (χ4n) is 7.79. The Morgan fingerprint density at radius 1 is 1.17 bits per heavy atom. The highest BCUT2D eigenvalue weighted by molar-refractivity contribution is 6.21. The van der Waals surface area contributed by atoms with Gasteiger partial charge in [-0.25, -0.2) is 4.39 Å². The zero-order valence-corrected chi connectivity index (χ0v) is 19.0. The van der Waals surface area contributed by atoms with Gasteiger partial charge in [0.1, 0.15) is 11.9 Å². The summed E-state index contributed by atoms with van der Waals surface area (Å²) in [4.78, 5) is 30.2. The van der Waals surface area contributed by atoms with Crippen molar-refractivity contribution in [2.24, 2.45) is 0 Å². The summed E-state index contributed by atoms with van der Waals surface area (Å²) in [5.41, 5.74) is 0.0127. The Morgan fingerprint density at radius 2 is 1.97 bits per heavy atom. The van der Waals surface area contributed by atoms with Crippen molar-refractivity contribution in [2.75, 3.05) is 13.1 Å². The number of halogens is 1. The normalized spacial score (nSPS) is 34.5. The number of carbonyl (C=O) groups excluding carboxylic acids is 2. The molecule has 35 heavy (non-hydrogen) atoms. The van der Waals surface area contributed by atoms with Gasteiger partial charge in [0.15, 0.2) is 11.5 Å². The lowest BCUT2D eigenvalue weighted by atomic mass is 9.48. The maximum Gasteiger partial charge on any atom is 0.262 e. The first kappa shape index (κ1) is 21.1. The summed E-state index contributed by atoms with van der Waals surface area (Å²) in [6.07, 6.45) is 3.00. The Morgan fingerprint density at radius 3 is 2.77 bits per heavy atom. The Labute approximate surface area is 201 Å². The molecule has 0 aromatic heterocycles. The van der Waals surface area contributed by atoms with Crippen molar-refractivity contribution < 1.29 is 28.9 Å². The van der Waals surface area contributed by atoms with Crippen molar-refractivity contribution in [3.8, 4) is 11.5 Å². The van der Waals surface area contributed by atoms with Gasteiger partial charge in [-0.3, -0.25) is 19.4 Å². The zero-order chi connectivity index (χ0) is 24.3. The zero-order valence-electron chi connectivity index (χ0n) is 19.0. The molecule has 3 aliphatic heterocycles. The smallest absolute Gasteiger partial charge is 0.262 e. The average molecular weight is 477 g/mol. The summed E-state index contributed by atoms with van der Waals surface area (Å²) in [5, 5.41) is 23.2. The molecule has 2 aromatic carbocycles. The van der Waals surface area contributed by atoms with Gasteiger partial charge < -0.3 is 14.9 Å². The molecule has 5 atom stereocenters. The van der Waals surface area contributed by atoms with Crippen LogP contribution >= 0.6 is 0 Å². The first-order valence-corrected chi connectivity index (χ1v) is 12.1. The maximum absolute atomic E-state index is 13.9. The minimum atomic E-state index is -1.16. The molecule has 1 saturated carbocycles. The second-order valence-electron chi connectivity index (χ2n) is 10.4. The number of benzene rings is 2. The van der Waals surface area contributed by atoms with Crippen molar-refractivity contribution in [1.82, 2.24) is 9.80 Å². The van der Waals surface area contributed by atoms with E-state index in [4.69, 9.17) is 4.74 Å². The maximum atomic E-state index is 13.9. The van der Waals surface area contributed by atoms with Gasteiger partial charge in [0.05, 0.1) is 28.2 Å². The third-order valence-corrected chi connectivity index (χ3v) is 9.12. The lowest BCUT2D eigenvalue weighted by Gasteiger charge is -2.64. The third-order valence-electron chi connectivity index (χ3n) is 9.12. The molecule has 1 saturated heterocycles. The third kappa shape index (κ3) is 2.32. The van der Waals surface area contributed by atoms with Gasteiger partial charge >= 0.3 is 0 Å². The van der Waals surface area contributed by atoms with E-state index in [-0.39, 0.29) is 22.9 Å². The van der Waals surface area contributed by atoms with Crippen molar-refractivity contribution in [1.29, 1.82) is 0 Å². The van der Waals surface area contributed by atoms with Gasteiger partial charge in [0, 0.05) is 18.2 Å². The molecule has 2 N–H and O–H groups in total. The Bertz CT molecular complexity index is 1340. The molecule has 7 nitrogen and oxygen atoms in total. The predicted octanol–water partition coefficient (Wildman–Crippen LogP) is 2.54. The molecular formula is C27H25FN2O5. The van der Waals surface area contributed by atoms with Crippen LogP contribution in [0.1, 0.15) is 51.1 Å². The Hall–Kier alpha value is -3.23. The number of rotatable bonds is 3. The van der Waals surface area contributed by atoms with Crippen molar-refractivity contribution in [3.63, 3.8) is 0 Å². The topological polar surface area (TPSA) is 90.3 Å². The number of phenolic OH excluding ortho intramolecular Hbond substituents is 1. The molecule has 5 aliphatic rings. The van der Waals surface area contributed by atoms with Gasteiger partial charge in [0.25, 0.3) is 11.8 Å². The highest BCUT2D eigenvalue weighted by atomic mass is 19.1. The molecule has 180 valence electrons. The van der Waals surface area contributed by atoms with Gasteiger partial charge in [0.2, 0.25) is 0 Å². The van der Waals surface area contributed by atoms with Crippen LogP contribution in [0.25, 0.3) is 0 Å². The lowest BCUT2D eigenvalue weighted by Crippen LogP contribution is -2.78. The van der Waals surface area contributed by atoms with Crippen molar-refractivity contribution >= 4 is 11.8 Å². The number of nitrogens with zero attached hydrogens (tertiary/aromatic N) is 2. The number of hydrogen-bond acceptors (Lipinski definition) is 6. The number of ether oxygens (including phenoxy) is 1. The summed E-state index contributed by atoms with van der Waals surface area (Å²) >= 11 is 0. The number of hydrogen-bond donors (Lipinski definition) is 2. The van der Waals surface area contributed by atoms with Gasteiger partial charge in [-0.1, -0.05) is 12.1 Å². The highest BCUT2D eigenvalue weighted by Crippen LogP contribution is 2.66. The minimum Gasteiger partial charge on any atom is -0.504 e. The fourth-order valence-corrected chi connectivity index (χ4v) is 7.79. The summed E-state index contributed by atoms with van der Waals surface area (Å²) in [5.74, 6) is -1.26. The number of phenols is 1. The van der Waals surface area contributed by atoms with Gasteiger partial charge in [-0.15, -0.1) is 6.58 Å². The van der Waals surface area contributed by atoms with Crippen LogP contribution in [-0.2, 0) is 11.8 Å². The van der Waals surface area contributed by atoms with Crippen LogP contribution in [-0.4, -0.2) is 68.7 Å². The van der Waals surface area contributed by atoms with E-state index in [1.807, 2.05) is 12.1 Å². The number of piperidine rings is 1. The Balaban J connectivity index is 1.39. The average Bonchev–Trinajstić information content (AvgIpc) is 3.30. The van der Waals surface area contributed by atoms with E-state index in [1.54, 1.807) is 6.07 Å². The van der Waals surface area contributed by atoms with Crippen LogP contribution in [0, 0.1) is 5.82 Å². The van der Waals surface area contributed by atoms with E-state index in [0.29, 0.717) is 44.5 Å². The molecular weight excluding hydrogens is 451 g/mol. The van der Waals surface area contributed by atoms with E-state index < -0.39 is 40.8 Å². The molecule has 2 aromatic rings. The molecule has 7 rings (SSSR count). The number of likely N-dealkylation sites (tertiary alicyclic amines) is 1. The second kappa shape index (κ2) is 6.71. The number of aliphatic hydroxyl groups is 1. The van der Waals surface area contributed by atoms with E-state index >= 15 is 0 Å². The van der Waals surface area contributed by atoms with Crippen LogP contribution in [0.4, 0.5) is 4.39 Å². The Kier molecular flexibility index (Phi) is 4.04. The number of fused-ring (bicyclic) bond motifs is 1. The molecule has 0 radical (unpaired) electrons. The van der Waals surface area contributed by atoms with Crippen LogP contribution in [0.2, 0.25) is 0 Å². The first-order chi connectivity index (χ1) is 16.8. The van der Waals surface area contributed by atoms with E-state index in [9.17, 15) is 24.2 Å². The fraction of sp³-hybridized carbons (Fsp3) is 0.407. The lowest BCUT2D eigenvalue weighted by molar-refractivity contribution is -0.194. The molecule has 2 aliphatic carbocycles. The van der Waals surface area contributed by atoms with Gasteiger partial charge in [-0.05, 0) is 62.1 Å². The van der Waals surface area contributed by atoms with Crippen LogP contribution in [0.5, 0.6) is 11.5 Å². The number of aromatic hydroxyl groups is 1. The SMILES string of the molecule is C=CCN1CC[C@]23c4c5ccc(O)c4O[C@H]2[C@@H](N2C(=O)c4ccc(F)cc4C2=O)CC[C@@]3(O)[C@H]1C5. The van der Waals surface area contributed by atoms with E-state index in [1.165, 1.54) is 17.0 Å². The summed E-state index contributed by atoms with van der Waals surface area (Å²) < 4.78 is 20.4. The highest BCUT2D eigenvalue weighted by Gasteiger charge is 2.74. The molecule has 2 amide bonds. The van der Waals surface area contributed by atoms with Crippen molar-refractivity contribution in [3.05, 3.63) is 71.1 Å². The van der Waals surface area contributed by atoms with E-state index in [2.05, 4.69) is 11.5 Å². The molecule has 3 heterocycles. The van der Waals surface area contributed by atoms with Crippen molar-refractivity contribution in [2.45, 2.75) is 54.9 Å². The van der Waals surface area contributed by atoms with E-state index in [0.717, 1.165) is 17.2 Å². The van der Waals surface area contributed by atoms with Gasteiger partial charge in [-0.2, -0.15) is 0 Å². The standard InChI is InChI=1S/C27H25FN2O5/c1-2-10-29-11-9-26-21-14-3-6-19(31)22(21)35-23(26)18(7-8-27(26,34)20(29)12-14)30-24(32)16-5-4-15(28)13-17(16)25(30)33/h2-6,13,18,20,23,31,34H,1,7-12H2/t18-,20+,23-,26-,27+/m0/s1. The molecule has 8 heteroatoms. The monoisotopic (exact) mass is 476 g/mol.